The van der Waals surface area contributed by atoms with Crippen LogP contribution in [0.5, 0.6) is 0 Å². The van der Waals surface area contributed by atoms with Crippen LogP contribution in [0.3, 0.4) is 0 Å². The Morgan fingerprint density at radius 2 is 1.79 bits per heavy atom. The van der Waals surface area contributed by atoms with Gasteiger partial charge in [-0.2, -0.15) is 5.10 Å². The predicted octanol–water partition coefficient (Wildman–Crippen LogP) is 4.96. The highest BCUT2D eigenvalue weighted by Gasteiger charge is 2.25. The monoisotopic (exact) mass is 445 g/mol. The zero-order valence-corrected chi connectivity index (χ0v) is 18.6. The summed E-state index contributed by atoms with van der Waals surface area (Å²) in [5.74, 6) is -0.102. The quantitative estimate of drug-likeness (QED) is 0.415. The van der Waals surface area contributed by atoms with Gasteiger partial charge in [0.05, 0.1) is 35.4 Å². The lowest BCUT2D eigenvalue weighted by Crippen LogP contribution is -2.27. The number of hydrogen-bond donors (Lipinski definition) is 1. The Labute approximate surface area is 197 Å². The van der Waals surface area contributed by atoms with Crippen molar-refractivity contribution in [2.24, 2.45) is 0 Å². The molecule has 1 aliphatic rings. The first-order chi connectivity index (χ1) is 16.8. The maximum Gasteiger partial charge on any atom is 0.252 e. The van der Waals surface area contributed by atoms with Crippen LogP contribution in [0.1, 0.15) is 39.5 Å². The van der Waals surface area contributed by atoms with E-state index < -0.39 is 0 Å². The fourth-order valence-electron chi connectivity index (χ4n) is 4.71. The van der Waals surface area contributed by atoms with Crippen LogP contribution < -0.4 is 5.32 Å². The van der Waals surface area contributed by atoms with Crippen molar-refractivity contribution < 1.29 is 4.79 Å². The minimum atomic E-state index is -0.102. The van der Waals surface area contributed by atoms with E-state index in [1.165, 1.54) is 11.1 Å². The van der Waals surface area contributed by atoms with Crippen LogP contribution in [0.15, 0.2) is 91.4 Å². The van der Waals surface area contributed by atoms with E-state index in [9.17, 15) is 4.79 Å². The summed E-state index contributed by atoms with van der Waals surface area (Å²) >= 11 is 0. The highest BCUT2D eigenvalue weighted by molar-refractivity contribution is 6.06. The maximum atomic E-state index is 13.6. The Bertz CT molecular complexity index is 1480. The number of nitrogens with zero attached hydrogens (tertiary/aromatic N) is 4. The highest BCUT2D eigenvalue weighted by Crippen LogP contribution is 2.32. The van der Waals surface area contributed by atoms with E-state index in [-0.39, 0.29) is 11.9 Å². The van der Waals surface area contributed by atoms with Crippen LogP contribution in [0.25, 0.3) is 22.3 Å². The lowest BCUT2D eigenvalue weighted by Gasteiger charge is -2.15. The number of amides is 1. The van der Waals surface area contributed by atoms with Crippen LogP contribution >= 0.6 is 0 Å². The van der Waals surface area contributed by atoms with Gasteiger partial charge in [0.15, 0.2) is 5.65 Å². The number of aryl methyl sites for hydroxylation is 1. The second-order valence-electron chi connectivity index (χ2n) is 8.58. The molecule has 0 fully saturated rings. The Morgan fingerprint density at radius 1 is 1.00 bits per heavy atom. The molecule has 1 aliphatic carbocycles. The van der Waals surface area contributed by atoms with Crippen LogP contribution in [-0.2, 0) is 13.0 Å². The van der Waals surface area contributed by atoms with E-state index in [1.54, 1.807) is 18.6 Å². The second-order valence-corrected chi connectivity index (χ2v) is 8.58. The molecule has 0 bridgehead atoms. The van der Waals surface area contributed by atoms with Gasteiger partial charge in [-0.05, 0) is 47.7 Å². The summed E-state index contributed by atoms with van der Waals surface area (Å²) in [6, 6.07) is 24.1. The van der Waals surface area contributed by atoms with E-state index in [4.69, 9.17) is 4.98 Å². The molecule has 6 nitrogen and oxygen atoms in total. The average Bonchev–Trinajstić information content (AvgIpc) is 3.49. The molecule has 0 unspecified atom stereocenters. The fourth-order valence-corrected chi connectivity index (χ4v) is 4.71. The van der Waals surface area contributed by atoms with E-state index in [0.29, 0.717) is 17.8 Å². The van der Waals surface area contributed by atoms with Crippen molar-refractivity contribution in [3.05, 3.63) is 114 Å². The van der Waals surface area contributed by atoms with Gasteiger partial charge in [-0.1, -0.05) is 54.6 Å². The molecule has 6 heteroatoms. The third-order valence-electron chi connectivity index (χ3n) is 6.44. The Hall–Kier alpha value is -4.32. The second kappa shape index (κ2) is 8.56. The molecule has 3 heterocycles. The van der Waals surface area contributed by atoms with Gasteiger partial charge in [-0.15, -0.1) is 0 Å². The molecule has 1 atom stereocenters. The van der Waals surface area contributed by atoms with Gasteiger partial charge in [0.25, 0.3) is 5.91 Å². The number of nitrogens with one attached hydrogen (secondary N) is 1. The summed E-state index contributed by atoms with van der Waals surface area (Å²) in [5, 5.41) is 8.61. The molecule has 0 radical (unpaired) electrons. The Morgan fingerprint density at radius 3 is 2.65 bits per heavy atom. The van der Waals surface area contributed by atoms with Crippen LogP contribution in [-0.4, -0.2) is 25.7 Å². The van der Waals surface area contributed by atoms with Crippen molar-refractivity contribution >= 4 is 16.9 Å². The molecule has 2 aromatic carbocycles. The standard InChI is InChI=1S/C28H23N5O/c34-28(32-25-11-10-20-6-4-5-9-22(20)25)23-16-26(21-7-2-1-3-8-21)31-27-24(23)17-30-33(27)18-19-12-14-29-15-13-19/h1-9,12-17,25H,10-11,18H2,(H,32,34)/t25-/m1/s1. The summed E-state index contributed by atoms with van der Waals surface area (Å²) in [7, 11) is 0. The molecule has 3 aromatic heterocycles. The van der Waals surface area contributed by atoms with Crippen LogP contribution in [0, 0.1) is 0 Å². The van der Waals surface area contributed by atoms with Crippen molar-refractivity contribution in [3.63, 3.8) is 0 Å². The molecule has 0 spiro atoms. The van der Waals surface area contributed by atoms with E-state index in [0.717, 1.165) is 35.0 Å². The largest absolute Gasteiger partial charge is 0.345 e. The van der Waals surface area contributed by atoms with Gasteiger partial charge in [0.1, 0.15) is 0 Å². The number of hydrogen-bond acceptors (Lipinski definition) is 4. The number of pyridine rings is 2. The van der Waals surface area contributed by atoms with Gasteiger partial charge in [0.2, 0.25) is 0 Å². The molecule has 0 saturated heterocycles. The van der Waals surface area contributed by atoms with Gasteiger partial charge < -0.3 is 5.32 Å². The molecule has 0 aliphatic heterocycles. The van der Waals surface area contributed by atoms with Crippen LogP contribution in [0.4, 0.5) is 0 Å². The number of carbonyl (C=O) groups excluding carboxylic acids is 1. The molecule has 0 saturated carbocycles. The molecule has 34 heavy (non-hydrogen) atoms. The predicted molar refractivity (Wildman–Crippen MR) is 131 cm³/mol. The molecule has 1 amide bonds. The molecular weight excluding hydrogens is 422 g/mol. The van der Waals surface area contributed by atoms with E-state index >= 15 is 0 Å². The van der Waals surface area contributed by atoms with E-state index in [1.807, 2.05) is 59.3 Å². The third kappa shape index (κ3) is 3.73. The number of carbonyl (C=O) groups is 1. The minimum Gasteiger partial charge on any atom is -0.345 e. The number of rotatable bonds is 5. The summed E-state index contributed by atoms with van der Waals surface area (Å²) in [5.41, 5.74) is 6.58. The van der Waals surface area contributed by atoms with Crippen molar-refractivity contribution in [1.82, 2.24) is 25.1 Å². The minimum absolute atomic E-state index is 0.0129. The number of aromatic nitrogens is 4. The Balaban J connectivity index is 1.42. The molecule has 1 N–H and O–H groups in total. The molecular formula is C28H23N5O. The van der Waals surface area contributed by atoms with E-state index in [2.05, 4.69) is 33.6 Å². The lowest BCUT2D eigenvalue weighted by atomic mass is 10.0. The average molecular weight is 446 g/mol. The van der Waals surface area contributed by atoms with Gasteiger partial charge in [0, 0.05) is 18.0 Å². The first-order valence-corrected chi connectivity index (χ1v) is 11.5. The SMILES string of the molecule is O=C(N[C@@H]1CCc2ccccc21)c1cc(-c2ccccc2)nc2c1cnn2Cc1ccncc1. The van der Waals surface area contributed by atoms with Crippen LogP contribution in [0.2, 0.25) is 0 Å². The molecule has 5 aromatic rings. The fraction of sp³-hybridized carbons (Fsp3) is 0.143. The zero-order chi connectivity index (χ0) is 22.9. The zero-order valence-electron chi connectivity index (χ0n) is 18.6. The molecule has 166 valence electrons. The smallest absolute Gasteiger partial charge is 0.252 e. The van der Waals surface area contributed by atoms with Gasteiger partial charge in [-0.25, -0.2) is 9.67 Å². The van der Waals surface area contributed by atoms with Gasteiger partial charge in [-0.3, -0.25) is 9.78 Å². The summed E-state index contributed by atoms with van der Waals surface area (Å²) in [4.78, 5) is 22.6. The highest BCUT2D eigenvalue weighted by atomic mass is 16.1. The van der Waals surface area contributed by atoms with Gasteiger partial charge >= 0.3 is 0 Å². The molecule has 6 rings (SSSR count). The summed E-state index contributed by atoms with van der Waals surface area (Å²) in [6.45, 7) is 0.550. The van der Waals surface area contributed by atoms with Crippen molar-refractivity contribution in [2.75, 3.05) is 0 Å². The van der Waals surface area contributed by atoms with Crippen molar-refractivity contribution in [1.29, 1.82) is 0 Å². The Kier molecular flexibility index (Phi) is 5.11. The topological polar surface area (TPSA) is 72.7 Å². The number of fused-ring (bicyclic) bond motifs is 2. The summed E-state index contributed by atoms with van der Waals surface area (Å²) in [6.07, 6.45) is 7.16. The summed E-state index contributed by atoms with van der Waals surface area (Å²) < 4.78 is 1.85. The third-order valence-corrected chi connectivity index (χ3v) is 6.44. The number of benzene rings is 2. The van der Waals surface area contributed by atoms with Crippen molar-refractivity contribution in [2.45, 2.75) is 25.4 Å². The lowest BCUT2D eigenvalue weighted by molar-refractivity contribution is 0.0938. The normalized spacial score (nSPS) is 14.8. The van der Waals surface area contributed by atoms with Crippen molar-refractivity contribution in [3.8, 4) is 11.3 Å². The first kappa shape index (κ1) is 20.3. The first-order valence-electron chi connectivity index (χ1n) is 11.5. The maximum absolute atomic E-state index is 13.6.